The van der Waals surface area contributed by atoms with Gasteiger partial charge in [0.25, 0.3) is 0 Å². The summed E-state index contributed by atoms with van der Waals surface area (Å²) in [6.07, 6.45) is 22.4. The van der Waals surface area contributed by atoms with Gasteiger partial charge in [-0.25, -0.2) is 0 Å². The Kier molecular flexibility index (Phi) is 17.3. The van der Waals surface area contributed by atoms with Crippen molar-refractivity contribution in [3.05, 3.63) is 136 Å². The zero-order chi connectivity index (χ0) is 50.2. The van der Waals surface area contributed by atoms with Crippen LogP contribution in [0.25, 0.3) is 5.57 Å². The number of fused-ring (bicyclic) bond motifs is 3. The van der Waals surface area contributed by atoms with Crippen LogP contribution in [0.15, 0.2) is 108 Å². The number of methoxy groups -OCH3 is 1. The number of ketones is 2. The highest BCUT2D eigenvalue weighted by molar-refractivity contribution is 6.07. The first-order chi connectivity index (χ1) is 34.9. The third kappa shape index (κ3) is 12.7. The molecule has 0 aromatic heterocycles. The van der Waals surface area contributed by atoms with Crippen LogP contribution in [-0.4, -0.2) is 91.1 Å². The molecule has 0 amide bonds. The number of Topliss-reactive ketones (excluding diaryl/α,β-unsaturated/α-hetero) is 1. The second-order valence-electron chi connectivity index (χ2n) is 22.6. The van der Waals surface area contributed by atoms with Crippen LogP contribution in [0.5, 0.6) is 11.5 Å². The van der Waals surface area contributed by atoms with Crippen LogP contribution >= 0.6 is 0 Å². The molecular weight excluding hydrogens is 899 g/mol. The number of hydrogen-bond acceptors (Lipinski definition) is 11. The number of aryl methyl sites for hydroxylation is 3. The molecule has 11 unspecified atom stereocenters. The SMILES string of the molecule is COc1cc(C(=CC(=O)CC(=O)CC2CCC3CC(NCC(C)O)CC3(CC3C4CCNCC4CC4C=CCNC43)C2)CO)c(CC2=CNC(N)C=C2CCc2cccc(CCc3ccccc3)c2)cc1O. The second-order valence-corrected chi connectivity index (χ2v) is 22.6. The molecule has 3 aliphatic heterocycles. The normalized spacial score (nSPS) is 29.5. The summed E-state index contributed by atoms with van der Waals surface area (Å²) >= 11 is 0. The summed E-state index contributed by atoms with van der Waals surface area (Å²) in [5.41, 5.74) is 14.1. The fourth-order valence-corrected chi connectivity index (χ4v) is 14.4. The van der Waals surface area contributed by atoms with Gasteiger partial charge in [0.15, 0.2) is 17.3 Å². The number of phenolic OH excluding ortho intramolecular Hbond substituents is 1. The molecule has 386 valence electrons. The summed E-state index contributed by atoms with van der Waals surface area (Å²) in [5.74, 6) is 3.05. The van der Waals surface area contributed by atoms with Gasteiger partial charge in [0, 0.05) is 37.8 Å². The Morgan fingerprint density at radius 1 is 0.958 bits per heavy atom. The van der Waals surface area contributed by atoms with Crippen LogP contribution < -0.4 is 31.7 Å². The molecule has 3 heterocycles. The van der Waals surface area contributed by atoms with Crippen molar-refractivity contribution >= 4 is 17.1 Å². The number of carbonyl (C=O) groups is 2. The number of nitrogens with one attached hydrogen (secondary N) is 4. The second kappa shape index (κ2) is 24.0. The van der Waals surface area contributed by atoms with Crippen molar-refractivity contribution in [3.8, 4) is 11.5 Å². The van der Waals surface area contributed by atoms with E-state index in [0.29, 0.717) is 77.8 Å². The number of aromatic hydroxyl groups is 1. The molecule has 4 fully saturated rings. The topological polar surface area (TPSA) is 178 Å². The number of piperidine rings is 1. The molecular formula is C61H81N5O6. The standard InChI is InChI=1S/C61H81N5O6/c1-39(68)35-65-51-29-50-18-16-43(32-61(50,33-51)34-56-54-19-21-63-36-48(54)24-45-12-7-20-64-60(45)56)23-52(69)30-53(70)26-49(38-67)55-31-58(72-2)57(71)27-46(55)25-47-37-66-59(62)28-44(47)17-15-42-11-6-10-41(22-42)14-13-40-8-4-3-5-9-40/h3-12,22,26-28,31,37,39,43,45,48,50-51,54,56,59-60,63-68,71H,13-21,23-25,29-30,32-36,38,62H2,1-2H3. The predicted octanol–water partition coefficient (Wildman–Crippen LogP) is 7.67. The van der Waals surface area contributed by atoms with E-state index in [-0.39, 0.29) is 47.0 Å². The molecule has 1 saturated heterocycles. The summed E-state index contributed by atoms with van der Waals surface area (Å²) in [7, 11) is 1.48. The molecule has 3 aliphatic carbocycles. The summed E-state index contributed by atoms with van der Waals surface area (Å²) in [5, 5.41) is 46.9. The maximum atomic E-state index is 14.1. The number of nitrogens with two attached hydrogens (primary N) is 1. The maximum Gasteiger partial charge on any atom is 0.163 e. The van der Waals surface area contributed by atoms with Crippen LogP contribution in [0.1, 0.15) is 105 Å². The molecule has 11 atom stereocenters. The average Bonchev–Trinajstić information content (AvgIpc) is 3.74. The molecule has 9 N–H and O–H groups in total. The lowest BCUT2D eigenvalue weighted by Gasteiger charge is -2.54. The summed E-state index contributed by atoms with van der Waals surface area (Å²) < 4.78 is 5.55. The quantitative estimate of drug-likeness (QED) is 0.0299. The number of phenols is 1. The van der Waals surface area contributed by atoms with E-state index < -0.39 is 12.7 Å². The molecule has 0 spiro atoms. The molecule has 3 aromatic carbocycles. The van der Waals surface area contributed by atoms with Crippen LogP contribution in [0.2, 0.25) is 0 Å². The summed E-state index contributed by atoms with van der Waals surface area (Å²) in [6.45, 7) is 5.11. The number of allylic oxidation sites excluding steroid dienone is 3. The van der Waals surface area contributed by atoms with Gasteiger partial charge in [-0.15, -0.1) is 0 Å². The lowest BCUT2D eigenvalue weighted by Crippen LogP contribution is -2.57. The predicted molar refractivity (Wildman–Crippen MR) is 286 cm³/mol. The van der Waals surface area contributed by atoms with E-state index in [4.69, 9.17) is 10.5 Å². The van der Waals surface area contributed by atoms with Gasteiger partial charge in [-0.1, -0.05) is 66.7 Å². The minimum atomic E-state index is -0.436. The van der Waals surface area contributed by atoms with Crippen molar-refractivity contribution in [3.63, 3.8) is 0 Å². The van der Waals surface area contributed by atoms with Crippen molar-refractivity contribution in [1.29, 1.82) is 0 Å². The minimum absolute atomic E-state index is 0.0421. The van der Waals surface area contributed by atoms with E-state index in [2.05, 4.69) is 82.0 Å². The van der Waals surface area contributed by atoms with Crippen LogP contribution in [0, 0.1) is 40.9 Å². The molecule has 3 saturated carbocycles. The van der Waals surface area contributed by atoms with Gasteiger partial charge in [-0.3, -0.25) is 9.59 Å². The third-order valence-corrected chi connectivity index (χ3v) is 17.6. The van der Waals surface area contributed by atoms with E-state index >= 15 is 0 Å². The minimum Gasteiger partial charge on any atom is -0.504 e. The lowest BCUT2D eigenvalue weighted by atomic mass is 9.54. The largest absolute Gasteiger partial charge is 0.504 e. The Morgan fingerprint density at radius 3 is 2.54 bits per heavy atom. The zero-order valence-electron chi connectivity index (χ0n) is 42.8. The van der Waals surface area contributed by atoms with Crippen LogP contribution in [-0.2, 0) is 35.3 Å². The van der Waals surface area contributed by atoms with Gasteiger partial charge >= 0.3 is 0 Å². The number of carbonyl (C=O) groups excluding carboxylic acids is 2. The number of dihydropyridines is 1. The van der Waals surface area contributed by atoms with E-state index in [1.807, 2.05) is 25.3 Å². The highest BCUT2D eigenvalue weighted by atomic mass is 16.5. The Balaban J connectivity index is 0.876. The molecule has 72 heavy (non-hydrogen) atoms. The van der Waals surface area contributed by atoms with Gasteiger partial charge in [0.05, 0.1) is 32.4 Å². The number of rotatable bonds is 21. The van der Waals surface area contributed by atoms with E-state index in [1.165, 1.54) is 49.1 Å². The Hall–Kier alpha value is -4.88. The van der Waals surface area contributed by atoms with Crippen LogP contribution in [0.4, 0.5) is 0 Å². The smallest absolute Gasteiger partial charge is 0.163 e. The van der Waals surface area contributed by atoms with Gasteiger partial charge in [-0.05, 0) is 213 Å². The van der Waals surface area contributed by atoms with Gasteiger partial charge in [-0.2, -0.15) is 0 Å². The molecule has 11 nitrogen and oxygen atoms in total. The van der Waals surface area contributed by atoms with Crippen molar-refractivity contribution in [2.45, 2.75) is 128 Å². The van der Waals surface area contributed by atoms with E-state index in [9.17, 15) is 24.9 Å². The van der Waals surface area contributed by atoms with Gasteiger partial charge in [0.2, 0.25) is 0 Å². The van der Waals surface area contributed by atoms with Gasteiger partial charge < -0.3 is 47.1 Å². The van der Waals surface area contributed by atoms with Crippen molar-refractivity contribution in [2.24, 2.45) is 46.7 Å². The molecule has 6 aliphatic rings. The molecule has 3 aromatic rings. The Bertz CT molecular complexity index is 2480. The first-order valence-corrected chi connectivity index (χ1v) is 27.3. The lowest BCUT2D eigenvalue weighted by molar-refractivity contribution is -0.126. The average molecular weight is 980 g/mol. The summed E-state index contributed by atoms with van der Waals surface area (Å²) in [4.78, 5) is 28.1. The van der Waals surface area contributed by atoms with E-state index in [1.54, 1.807) is 12.1 Å². The van der Waals surface area contributed by atoms with Crippen molar-refractivity contribution in [2.75, 3.05) is 39.9 Å². The fourth-order valence-electron chi connectivity index (χ4n) is 14.4. The number of ether oxygens (including phenoxy) is 1. The van der Waals surface area contributed by atoms with E-state index in [0.717, 1.165) is 88.6 Å². The monoisotopic (exact) mass is 980 g/mol. The first kappa shape index (κ1) is 52.0. The molecule has 11 heteroatoms. The maximum absolute atomic E-state index is 14.1. The number of benzene rings is 3. The third-order valence-electron chi connectivity index (χ3n) is 17.6. The summed E-state index contributed by atoms with van der Waals surface area (Å²) in [6, 6.07) is 23.5. The Morgan fingerprint density at radius 2 is 1.75 bits per heavy atom. The van der Waals surface area contributed by atoms with Crippen molar-refractivity contribution < 1.29 is 29.6 Å². The first-order valence-electron chi connectivity index (χ1n) is 27.3. The highest BCUT2D eigenvalue weighted by Crippen LogP contribution is 2.60. The molecule has 0 bridgehead atoms. The number of hydrogen-bond donors (Lipinski definition) is 8. The zero-order valence-corrected chi connectivity index (χ0v) is 42.8. The molecule has 0 radical (unpaired) electrons. The fraction of sp³-hybridized carbons (Fsp3) is 0.541. The van der Waals surface area contributed by atoms with Crippen molar-refractivity contribution in [1.82, 2.24) is 21.3 Å². The number of aliphatic hydroxyl groups is 2. The number of aliphatic hydroxyl groups excluding tert-OH is 2. The molecule has 9 rings (SSSR count). The van der Waals surface area contributed by atoms with Crippen LogP contribution in [0.3, 0.4) is 0 Å². The van der Waals surface area contributed by atoms with Gasteiger partial charge in [0.1, 0.15) is 5.78 Å². The highest BCUT2D eigenvalue weighted by Gasteiger charge is 2.55. The Labute approximate surface area is 428 Å².